The highest BCUT2D eigenvalue weighted by molar-refractivity contribution is 5.28. The Morgan fingerprint density at radius 3 is 2.43 bits per heavy atom. The van der Waals surface area contributed by atoms with Gasteiger partial charge in [0.25, 0.3) is 0 Å². The van der Waals surface area contributed by atoms with Gasteiger partial charge in [-0.15, -0.1) is 0 Å². The second kappa shape index (κ2) is 5.16. The molecule has 0 aliphatic heterocycles. The van der Waals surface area contributed by atoms with Crippen LogP contribution in [0.2, 0.25) is 0 Å². The fourth-order valence-electron chi connectivity index (χ4n) is 1.71. The molecule has 14 heavy (non-hydrogen) atoms. The van der Waals surface area contributed by atoms with E-state index >= 15 is 0 Å². The molecule has 0 saturated carbocycles. The molecule has 0 unspecified atom stereocenters. The van der Waals surface area contributed by atoms with Gasteiger partial charge in [-0.25, -0.2) is 0 Å². The van der Waals surface area contributed by atoms with Gasteiger partial charge in [-0.05, 0) is 38.3 Å². The predicted octanol–water partition coefficient (Wildman–Crippen LogP) is 3.44. The topological polar surface area (TPSA) is 12.0 Å². The van der Waals surface area contributed by atoms with Crippen molar-refractivity contribution in [1.82, 2.24) is 5.32 Å². The summed E-state index contributed by atoms with van der Waals surface area (Å²) in [6, 6.07) is 9.61. The summed E-state index contributed by atoms with van der Waals surface area (Å²) in [4.78, 5) is 0. The first-order chi connectivity index (χ1) is 6.65. The van der Waals surface area contributed by atoms with Crippen LogP contribution in [-0.2, 0) is 0 Å². The molecule has 0 aromatic heterocycles. The zero-order chi connectivity index (χ0) is 10.6. The van der Waals surface area contributed by atoms with Crippen molar-refractivity contribution in [2.75, 3.05) is 0 Å². The molecular weight excluding hydrogens is 170 g/mol. The highest BCUT2D eigenvalue weighted by atomic mass is 14.9. The number of nitrogens with one attached hydrogen (secondary N) is 1. The van der Waals surface area contributed by atoms with Gasteiger partial charge in [-0.3, -0.25) is 0 Å². The molecular formula is C13H21N. The molecule has 2 atom stereocenters. The third-order valence-electron chi connectivity index (χ3n) is 2.80. The van der Waals surface area contributed by atoms with Crippen LogP contribution < -0.4 is 5.32 Å². The number of benzene rings is 1. The fourth-order valence-corrected chi connectivity index (χ4v) is 1.71. The van der Waals surface area contributed by atoms with Gasteiger partial charge < -0.3 is 5.32 Å². The maximum atomic E-state index is 3.59. The molecule has 0 bridgehead atoms. The Bertz CT molecular complexity index is 280. The fraction of sp³-hybridized carbons (Fsp3) is 0.538. The smallest absolute Gasteiger partial charge is 0.0296 e. The van der Waals surface area contributed by atoms with E-state index in [1.807, 2.05) is 0 Å². The van der Waals surface area contributed by atoms with Crippen molar-refractivity contribution in [1.29, 1.82) is 0 Å². The van der Waals surface area contributed by atoms with E-state index in [0.29, 0.717) is 12.1 Å². The summed E-state index contributed by atoms with van der Waals surface area (Å²) in [5, 5.41) is 3.59. The van der Waals surface area contributed by atoms with E-state index in [1.165, 1.54) is 17.5 Å². The van der Waals surface area contributed by atoms with Gasteiger partial charge in [-0.1, -0.05) is 31.2 Å². The molecule has 0 spiro atoms. The number of hydrogen-bond donors (Lipinski definition) is 1. The SMILES string of the molecule is CC[C@H](C)N[C@H](C)c1ccccc1C. The minimum Gasteiger partial charge on any atom is -0.308 e. The normalized spacial score (nSPS) is 15.1. The van der Waals surface area contributed by atoms with Crippen LogP contribution in [0.15, 0.2) is 24.3 Å². The molecule has 0 aliphatic carbocycles. The van der Waals surface area contributed by atoms with E-state index in [0.717, 1.165) is 0 Å². The highest BCUT2D eigenvalue weighted by Crippen LogP contribution is 2.17. The molecule has 0 fully saturated rings. The molecule has 0 radical (unpaired) electrons. The molecule has 1 aromatic carbocycles. The number of rotatable bonds is 4. The Kier molecular flexibility index (Phi) is 4.15. The Labute approximate surface area is 87.5 Å². The first kappa shape index (κ1) is 11.3. The molecule has 78 valence electrons. The Morgan fingerprint density at radius 2 is 1.86 bits per heavy atom. The van der Waals surface area contributed by atoms with E-state index in [4.69, 9.17) is 0 Å². The van der Waals surface area contributed by atoms with E-state index in [-0.39, 0.29) is 0 Å². The lowest BCUT2D eigenvalue weighted by atomic mass is 10.0. The van der Waals surface area contributed by atoms with Gasteiger partial charge in [0.2, 0.25) is 0 Å². The second-order valence-electron chi connectivity index (χ2n) is 4.05. The van der Waals surface area contributed by atoms with Crippen molar-refractivity contribution in [3.8, 4) is 0 Å². The van der Waals surface area contributed by atoms with Gasteiger partial charge in [0, 0.05) is 12.1 Å². The largest absolute Gasteiger partial charge is 0.308 e. The maximum absolute atomic E-state index is 3.59. The second-order valence-corrected chi connectivity index (χ2v) is 4.05. The average molecular weight is 191 g/mol. The van der Waals surface area contributed by atoms with Crippen molar-refractivity contribution in [2.45, 2.75) is 46.2 Å². The summed E-state index contributed by atoms with van der Waals surface area (Å²) in [7, 11) is 0. The van der Waals surface area contributed by atoms with Crippen LogP contribution >= 0.6 is 0 Å². The average Bonchev–Trinajstić information content (AvgIpc) is 2.18. The van der Waals surface area contributed by atoms with Gasteiger partial charge in [0.1, 0.15) is 0 Å². The van der Waals surface area contributed by atoms with Crippen LogP contribution in [0.4, 0.5) is 0 Å². The Morgan fingerprint density at radius 1 is 1.21 bits per heavy atom. The summed E-state index contributed by atoms with van der Waals surface area (Å²) < 4.78 is 0. The van der Waals surface area contributed by atoms with Gasteiger partial charge in [-0.2, -0.15) is 0 Å². The summed E-state index contributed by atoms with van der Waals surface area (Å²) in [5.41, 5.74) is 2.78. The maximum Gasteiger partial charge on any atom is 0.0296 e. The van der Waals surface area contributed by atoms with Crippen LogP contribution in [0.1, 0.15) is 44.4 Å². The summed E-state index contributed by atoms with van der Waals surface area (Å²) in [6.45, 7) is 8.84. The number of aryl methyl sites for hydroxylation is 1. The lowest BCUT2D eigenvalue weighted by molar-refractivity contribution is 0.468. The Hall–Kier alpha value is -0.820. The minimum absolute atomic E-state index is 0.450. The minimum atomic E-state index is 0.450. The lowest BCUT2D eigenvalue weighted by Gasteiger charge is -2.20. The van der Waals surface area contributed by atoms with Crippen molar-refractivity contribution in [3.63, 3.8) is 0 Å². The van der Waals surface area contributed by atoms with Gasteiger partial charge in [0.05, 0.1) is 0 Å². The summed E-state index contributed by atoms with van der Waals surface area (Å²) >= 11 is 0. The first-order valence-corrected chi connectivity index (χ1v) is 5.46. The molecule has 1 heteroatoms. The first-order valence-electron chi connectivity index (χ1n) is 5.46. The van der Waals surface area contributed by atoms with Crippen molar-refractivity contribution < 1.29 is 0 Å². The third-order valence-corrected chi connectivity index (χ3v) is 2.80. The Balaban J connectivity index is 2.69. The molecule has 0 amide bonds. The van der Waals surface area contributed by atoms with Crippen LogP contribution in [-0.4, -0.2) is 6.04 Å². The van der Waals surface area contributed by atoms with E-state index in [2.05, 4.69) is 57.3 Å². The molecule has 0 saturated heterocycles. The summed E-state index contributed by atoms with van der Waals surface area (Å²) in [6.07, 6.45) is 1.18. The van der Waals surface area contributed by atoms with Crippen LogP contribution in [0, 0.1) is 6.92 Å². The standard InChI is InChI=1S/C13H21N/c1-5-11(3)14-12(4)13-9-7-6-8-10(13)2/h6-9,11-12,14H,5H2,1-4H3/t11-,12+/m0/s1. The monoisotopic (exact) mass is 191 g/mol. The number of hydrogen-bond acceptors (Lipinski definition) is 1. The van der Waals surface area contributed by atoms with Crippen LogP contribution in [0.3, 0.4) is 0 Å². The third kappa shape index (κ3) is 2.85. The van der Waals surface area contributed by atoms with Gasteiger partial charge >= 0.3 is 0 Å². The predicted molar refractivity (Wildman–Crippen MR) is 62.5 cm³/mol. The van der Waals surface area contributed by atoms with Crippen LogP contribution in [0.5, 0.6) is 0 Å². The van der Waals surface area contributed by atoms with Gasteiger partial charge in [0.15, 0.2) is 0 Å². The quantitative estimate of drug-likeness (QED) is 0.768. The van der Waals surface area contributed by atoms with Crippen molar-refractivity contribution in [2.24, 2.45) is 0 Å². The molecule has 1 nitrogen and oxygen atoms in total. The summed E-state index contributed by atoms with van der Waals surface area (Å²) in [5.74, 6) is 0. The van der Waals surface area contributed by atoms with Crippen LogP contribution in [0.25, 0.3) is 0 Å². The lowest BCUT2D eigenvalue weighted by Crippen LogP contribution is -2.28. The van der Waals surface area contributed by atoms with E-state index in [1.54, 1.807) is 0 Å². The molecule has 1 rings (SSSR count). The van der Waals surface area contributed by atoms with Crippen molar-refractivity contribution >= 4 is 0 Å². The zero-order valence-electron chi connectivity index (χ0n) is 9.67. The highest BCUT2D eigenvalue weighted by Gasteiger charge is 2.09. The van der Waals surface area contributed by atoms with E-state index in [9.17, 15) is 0 Å². The molecule has 1 N–H and O–H groups in total. The van der Waals surface area contributed by atoms with Crippen molar-refractivity contribution in [3.05, 3.63) is 35.4 Å². The molecule has 0 aliphatic rings. The molecule has 0 heterocycles. The zero-order valence-corrected chi connectivity index (χ0v) is 9.67. The molecule has 1 aromatic rings. The van der Waals surface area contributed by atoms with E-state index < -0.39 is 0 Å².